The first kappa shape index (κ1) is 15.1. The summed E-state index contributed by atoms with van der Waals surface area (Å²) in [4.78, 5) is 24.3. The molecule has 2 aromatic carbocycles. The van der Waals surface area contributed by atoms with E-state index in [0.29, 0.717) is 17.8 Å². The van der Waals surface area contributed by atoms with Gasteiger partial charge in [-0.1, -0.05) is 24.3 Å². The van der Waals surface area contributed by atoms with Crippen molar-refractivity contribution in [2.75, 3.05) is 5.32 Å². The summed E-state index contributed by atoms with van der Waals surface area (Å²) in [5.41, 5.74) is 1.98. The van der Waals surface area contributed by atoms with E-state index >= 15 is 0 Å². The van der Waals surface area contributed by atoms with E-state index in [-0.39, 0.29) is 23.0 Å². The van der Waals surface area contributed by atoms with Crippen molar-refractivity contribution in [2.45, 2.75) is 6.54 Å². The molecule has 1 aliphatic heterocycles. The molecule has 124 valence electrons. The normalized spacial score (nSPS) is 12.6. The number of fused-ring (bicyclic) bond motifs is 1. The van der Waals surface area contributed by atoms with Gasteiger partial charge >= 0.3 is 0 Å². The summed E-state index contributed by atoms with van der Waals surface area (Å²) in [5, 5.41) is 5.40. The second-order valence-electron chi connectivity index (χ2n) is 5.62. The highest BCUT2D eigenvalue weighted by molar-refractivity contribution is 6.09. The fourth-order valence-electron chi connectivity index (χ4n) is 2.83. The van der Waals surface area contributed by atoms with Crippen LogP contribution in [0.5, 0.6) is 0 Å². The SMILES string of the molecule is O=C(Nc1cccc2c1C(=O)NC2)c1ccc(-c2ccccc2F)o1. The maximum atomic E-state index is 13.8. The van der Waals surface area contributed by atoms with Crippen molar-refractivity contribution < 1.29 is 18.4 Å². The molecule has 0 atom stereocenters. The van der Waals surface area contributed by atoms with Crippen molar-refractivity contribution in [1.29, 1.82) is 0 Å². The molecule has 0 aliphatic carbocycles. The summed E-state index contributed by atoms with van der Waals surface area (Å²) in [5.74, 6) is -0.858. The molecule has 0 unspecified atom stereocenters. The van der Waals surface area contributed by atoms with Gasteiger partial charge in [-0.05, 0) is 35.9 Å². The zero-order valence-corrected chi connectivity index (χ0v) is 13.0. The number of amides is 2. The Balaban J connectivity index is 1.61. The molecule has 0 saturated heterocycles. The number of rotatable bonds is 3. The minimum atomic E-state index is -0.504. The van der Waals surface area contributed by atoms with Crippen molar-refractivity contribution in [3.63, 3.8) is 0 Å². The number of nitrogens with one attached hydrogen (secondary N) is 2. The van der Waals surface area contributed by atoms with Crippen LogP contribution in [0.2, 0.25) is 0 Å². The van der Waals surface area contributed by atoms with Crippen LogP contribution in [0, 0.1) is 5.82 Å². The van der Waals surface area contributed by atoms with Crippen LogP contribution in [0.25, 0.3) is 11.3 Å². The van der Waals surface area contributed by atoms with Crippen molar-refractivity contribution >= 4 is 17.5 Å². The summed E-state index contributed by atoms with van der Waals surface area (Å²) in [6, 6.07) is 14.4. The Kier molecular flexibility index (Phi) is 3.57. The number of benzene rings is 2. The molecule has 4 rings (SSSR count). The van der Waals surface area contributed by atoms with Crippen LogP contribution in [-0.4, -0.2) is 11.8 Å². The van der Waals surface area contributed by atoms with Gasteiger partial charge in [0.1, 0.15) is 11.6 Å². The van der Waals surface area contributed by atoms with Crippen LogP contribution in [0.4, 0.5) is 10.1 Å². The highest BCUT2D eigenvalue weighted by Gasteiger charge is 2.24. The molecule has 2 N–H and O–H groups in total. The molecule has 0 bridgehead atoms. The van der Waals surface area contributed by atoms with Crippen LogP contribution in [0.3, 0.4) is 0 Å². The van der Waals surface area contributed by atoms with Crippen molar-refractivity contribution in [1.82, 2.24) is 5.32 Å². The van der Waals surface area contributed by atoms with E-state index in [1.807, 2.05) is 6.07 Å². The van der Waals surface area contributed by atoms with Crippen LogP contribution < -0.4 is 10.6 Å². The van der Waals surface area contributed by atoms with E-state index in [9.17, 15) is 14.0 Å². The first-order valence-electron chi connectivity index (χ1n) is 7.69. The first-order valence-corrected chi connectivity index (χ1v) is 7.69. The smallest absolute Gasteiger partial charge is 0.291 e. The number of carbonyl (C=O) groups excluding carboxylic acids is 2. The number of carbonyl (C=O) groups is 2. The van der Waals surface area contributed by atoms with E-state index in [1.165, 1.54) is 18.2 Å². The fraction of sp³-hybridized carbons (Fsp3) is 0.0526. The number of hydrogen-bond acceptors (Lipinski definition) is 3. The summed E-state index contributed by atoms with van der Waals surface area (Å²) in [6.45, 7) is 0.441. The topological polar surface area (TPSA) is 71.3 Å². The van der Waals surface area contributed by atoms with Gasteiger partial charge in [-0.3, -0.25) is 9.59 Å². The number of anilines is 1. The van der Waals surface area contributed by atoms with E-state index in [0.717, 1.165) is 5.56 Å². The van der Waals surface area contributed by atoms with Gasteiger partial charge in [0, 0.05) is 6.54 Å². The summed E-state index contributed by atoms with van der Waals surface area (Å²) in [7, 11) is 0. The minimum Gasteiger partial charge on any atom is -0.451 e. The number of halogens is 1. The molecular formula is C19H13FN2O3. The second kappa shape index (κ2) is 5.90. The van der Waals surface area contributed by atoms with Gasteiger partial charge in [-0.15, -0.1) is 0 Å². The Labute approximate surface area is 142 Å². The molecule has 5 nitrogen and oxygen atoms in total. The lowest BCUT2D eigenvalue weighted by Gasteiger charge is -2.07. The Morgan fingerprint density at radius 2 is 1.92 bits per heavy atom. The van der Waals surface area contributed by atoms with Crippen LogP contribution in [0.15, 0.2) is 59.0 Å². The Hall–Kier alpha value is -3.41. The van der Waals surface area contributed by atoms with Gasteiger partial charge in [0.25, 0.3) is 11.8 Å². The average Bonchev–Trinajstić information content (AvgIpc) is 3.23. The molecule has 0 saturated carbocycles. The van der Waals surface area contributed by atoms with E-state index < -0.39 is 11.7 Å². The second-order valence-corrected chi connectivity index (χ2v) is 5.62. The molecule has 25 heavy (non-hydrogen) atoms. The summed E-state index contributed by atoms with van der Waals surface area (Å²) >= 11 is 0. The standard InChI is InChI=1S/C19H13FN2O3/c20-13-6-2-1-5-12(13)15-8-9-16(25-15)18(23)22-14-7-3-4-11-10-21-19(24)17(11)14/h1-9H,10H2,(H,21,24)(H,22,23). The molecule has 6 heteroatoms. The first-order chi connectivity index (χ1) is 12.1. The maximum absolute atomic E-state index is 13.8. The van der Waals surface area contributed by atoms with Gasteiger partial charge < -0.3 is 15.1 Å². The zero-order chi connectivity index (χ0) is 17.4. The maximum Gasteiger partial charge on any atom is 0.291 e. The van der Waals surface area contributed by atoms with Crippen LogP contribution in [0.1, 0.15) is 26.5 Å². The molecule has 2 amide bonds. The van der Waals surface area contributed by atoms with Gasteiger partial charge in [-0.25, -0.2) is 4.39 Å². The molecule has 3 aromatic rings. The van der Waals surface area contributed by atoms with Crippen molar-refractivity contribution in [3.05, 3.63) is 77.3 Å². The quantitative estimate of drug-likeness (QED) is 0.768. The predicted octanol–water partition coefficient (Wildman–Crippen LogP) is 3.58. The number of furan rings is 1. The molecule has 0 radical (unpaired) electrons. The van der Waals surface area contributed by atoms with E-state index in [1.54, 1.807) is 30.3 Å². The van der Waals surface area contributed by atoms with Gasteiger partial charge in [0.2, 0.25) is 0 Å². The fourth-order valence-corrected chi connectivity index (χ4v) is 2.83. The van der Waals surface area contributed by atoms with Crippen molar-refractivity contribution in [2.24, 2.45) is 0 Å². The number of hydrogen-bond donors (Lipinski definition) is 2. The summed E-state index contributed by atoms with van der Waals surface area (Å²) < 4.78 is 19.3. The van der Waals surface area contributed by atoms with Crippen molar-refractivity contribution in [3.8, 4) is 11.3 Å². The Bertz CT molecular complexity index is 994. The monoisotopic (exact) mass is 336 g/mol. The summed E-state index contributed by atoms with van der Waals surface area (Å²) in [6.07, 6.45) is 0. The third-order valence-electron chi connectivity index (χ3n) is 4.03. The lowest BCUT2D eigenvalue weighted by Crippen LogP contribution is -2.17. The van der Waals surface area contributed by atoms with Crippen LogP contribution >= 0.6 is 0 Å². The Morgan fingerprint density at radius 1 is 1.08 bits per heavy atom. The third-order valence-corrected chi connectivity index (χ3v) is 4.03. The highest BCUT2D eigenvalue weighted by Crippen LogP contribution is 2.27. The lowest BCUT2D eigenvalue weighted by molar-refractivity contribution is 0.0966. The zero-order valence-electron chi connectivity index (χ0n) is 13.0. The third kappa shape index (κ3) is 2.67. The molecule has 1 aliphatic rings. The van der Waals surface area contributed by atoms with E-state index in [4.69, 9.17) is 4.42 Å². The van der Waals surface area contributed by atoms with Gasteiger partial charge in [0.15, 0.2) is 5.76 Å². The predicted molar refractivity (Wildman–Crippen MR) is 89.7 cm³/mol. The molecule has 0 spiro atoms. The minimum absolute atomic E-state index is 0.0364. The van der Waals surface area contributed by atoms with E-state index in [2.05, 4.69) is 10.6 Å². The van der Waals surface area contributed by atoms with Gasteiger partial charge in [-0.2, -0.15) is 0 Å². The van der Waals surface area contributed by atoms with Crippen LogP contribution in [-0.2, 0) is 6.54 Å². The lowest BCUT2D eigenvalue weighted by atomic mass is 10.1. The molecule has 0 fully saturated rings. The average molecular weight is 336 g/mol. The highest BCUT2D eigenvalue weighted by atomic mass is 19.1. The molecular weight excluding hydrogens is 323 g/mol. The molecule has 1 aromatic heterocycles. The van der Waals surface area contributed by atoms with Gasteiger partial charge in [0.05, 0.1) is 16.8 Å². The largest absolute Gasteiger partial charge is 0.451 e. The molecule has 2 heterocycles. The Morgan fingerprint density at radius 3 is 2.76 bits per heavy atom.